The van der Waals surface area contributed by atoms with Gasteiger partial charge in [-0.15, -0.1) is 0 Å². The minimum Gasteiger partial charge on any atom is -0.377 e. The highest BCUT2D eigenvalue weighted by molar-refractivity contribution is 9.10. The van der Waals surface area contributed by atoms with Gasteiger partial charge >= 0.3 is 0 Å². The van der Waals surface area contributed by atoms with Crippen molar-refractivity contribution in [2.75, 3.05) is 6.61 Å². The van der Waals surface area contributed by atoms with Crippen LogP contribution >= 0.6 is 15.9 Å². The predicted molar refractivity (Wildman–Crippen MR) is 65.7 cm³/mol. The highest BCUT2D eigenvalue weighted by Crippen LogP contribution is 2.18. The molecule has 1 saturated heterocycles. The molecule has 2 rings (SSSR count). The molecule has 0 amide bonds. The molecule has 2 unspecified atom stereocenters. The summed E-state index contributed by atoms with van der Waals surface area (Å²) in [5.74, 6) is 5.56. The average Bonchev–Trinajstić information content (AvgIpc) is 2.82. The number of aromatic nitrogens is 1. The normalized spacial score (nSPS) is 22.2. The third-order valence-corrected chi connectivity index (χ3v) is 3.31. The minimum absolute atomic E-state index is 0.149. The lowest BCUT2D eigenvalue weighted by molar-refractivity contribution is 0.0781. The van der Waals surface area contributed by atoms with E-state index in [4.69, 9.17) is 10.6 Å². The third kappa shape index (κ3) is 3.01. The molecule has 0 bridgehead atoms. The van der Waals surface area contributed by atoms with Crippen molar-refractivity contribution in [3.8, 4) is 0 Å². The van der Waals surface area contributed by atoms with Crippen LogP contribution in [0.1, 0.15) is 18.5 Å². The van der Waals surface area contributed by atoms with Crippen LogP contribution in [0, 0.1) is 0 Å². The lowest BCUT2D eigenvalue weighted by Crippen LogP contribution is -2.45. The molecule has 0 aliphatic carbocycles. The summed E-state index contributed by atoms with van der Waals surface area (Å²) in [5, 5.41) is 0. The fourth-order valence-corrected chi connectivity index (χ4v) is 2.20. The Labute approximate surface area is 104 Å². The zero-order valence-corrected chi connectivity index (χ0v) is 10.6. The summed E-state index contributed by atoms with van der Waals surface area (Å²) in [6, 6.07) is 4.14. The summed E-state index contributed by atoms with van der Waals surface area (Å²) >= 11 is 3.37. The monoisotopic (exact) mass is 285 g/mol. The number of ether oxygens (including phenoxy) is 1. The van der Waals surface area contributed by atoms with Gasteiger partial charge in [0.25, 0.3) is 0 Å². The number of nitrogens with zero attached hydrogens (tertiary/aromatic N) is 1. The maximum atomic E-state index is 5.62. The van der Waals surface area contributed by atoms with E-state index in [1.54, 1.807) is 6.20 Å². The number of rotatable bonds is 4. The molecule has 1 fully saturated rings. The van der Waals surface area contributed by atoms with Gasteiger partial charge in [-0.2, -0.15) is 0 Å². The average molecular weight is 286 g/mol. The van der Waals surface area contributed by atoms with Crippen LogP contribution in [0.3, 0.4) is 0 Å². The van der Waals surface area contributed by atoms with E-state index in [1.807, 2.05) is 12.1 Å². The molecule has 2 heterocycles. The quantitative estimate of drug-likeness (QED) is 0.649. The van der Waals surface area contributed by atoms with Crippen molar-refractivity contribution >= 4 is 15.9 Å². The Morgan fingerprint density at radius 1 is 1.62 bits per heavy atom. The van der Waals surface area contributed by atoms with Gasteiger partial charge in [0.05, 0.1) is 12.1 Å². The second kappa shape index (κ2) is 5.72. The van der Waals surface area contributed by atoms with Gasteiger partial charge in [-0.1, -0.05) is 0 Å². The molecule has 0 saturated carbocycles. The fraction of sp³-hybridized carbons (Fsp3) is 0.545. The van der Waals surface area contributed by atoms with Crippen molar-refractivity contribution in [3.05, 3.63) is 28.5 Å². The topological polar surface area (TPSA) is 60.2 Å². The number of hydrogen-bond acceptors (Lipinski definition) is 4. The number of pyridine rings is 1. The van der Waals surface area contributed by atoms with Gasteiger partial charge in [0.15, 0.2) is 0 Å². The van der Waals surface area contributed by atoms with Gasteiger partial charge in [0, 0.05) is 29.4 Å². The summed E-state index contributed by atoms with van der Waals surface area (Å²) in [6.45, 7) is 0.844. The van der Waals surface area contributed by atoms with Crippen molar-refractivity contribution < 1.29 is 4.74 Å². The Morgan fingerprint density at radius 2 is 2.50 bits per heavy atom. The van der Waals surface area contributed by atoms with Crippen molar-refractivity contribution in [3.63, 3.8) is 0 Å². The molecule has 3 N–H and O–H groups in total. The molecule has 4 nitrogen and oxygen atoms in total. The second-order valence-corrected chi connectivity index (χ2v) is 4.91. The van der Waals surface area contributed by atoms with E-state index < -0.39 is 0 Å². The first-order valence-electron chi connectivity index (χ1n) is 5.48. The summed E-state index contributed by atoms with van der Waals surface area (Å²) in [7, 11) is 0. The van der Waals surface area contributed by atoms with Gasteiger partial charge in [-0.3, -0.25) is 16.3 Å². The number of halogens is 1. The molecule has 2 atom stereocenters. The van der Waals surface area contributed by atoms with Gasteiger partial charge in [0.1, 0.15) is 0 Å². The summed E-state index contributed by atoms with van der Waals surface area (Å²) in [5.41, 5.74) is 3.86. The predicted octanol–water partition coefficient (Wildman–Crippen LogP) is 1.40. The van der Waals surface area contributed by atoms with E-state index in [9.17, 15) is 0 Å². The fourth-order valence-electron chi connectivity index (χ4n) is 1.97. The molecular formula is C11H16BrN3O. The molecule has 88 valence electrons. The van der Waals surface area contributed by atoms with E-state index in [1.165, 1.54) is 0 Å². The van der Waals surface area contributed by atoms with Crippen molar-refractivity contribution in [2.24, 2.45) is 5.84 Å². The number of nitrogens with two attached hydrogens (primary N) is 1. The maximum Gasteiger partial charge on any atom is 0.0746 e. The SMILES string of the molecule is NNC(Cc1ccc(Br)cn1)C1CCCO1. The van der Waals surface area contributed by atoms with Crippen molar-refractivity contribution in [1.29, 1.82) is 0 Å². The van der Waals surface area contributed by atoms with E-state index in [2.05, 4.69) is 26.3 Å². The van der Waals surface area contributed by atoms with E-state index in [0.29, 0.717) is 0 Å². The first-order valence-corrected chi connectivity index (χ1v) is 6.27. The maximum absolute atomic E-state index is 5.62. The Balaban J connectivity index is 1.97. The molecule has 5 heteroatoms. The lowest BCUT2D eigenvalue weighted by Gasteiger charge is -2.21. The molecule has 16 heavy (non-hydrogen) atoms. The smallest absolute Gasteiger partial charge is 0.0746 e. The lowest BCUT2D eigenvalue weighted by atomic mass is 10.0. The van der Waals surface area contributed by atoms with Gasteiger partial charge in [0.2, 0.25) is 0 Å². The molecule has 1 aromatic rings. The Morgan fingerprint density at radius 3 is 3.06 bits per heavy atom. The van der Waals surface area contributed by atoms with Crippen LogP contribution in [-0.4, -0.2) is 23.7 Å². The third-order valence-electron chi connectivity index (χ3n) is 2.85. The van der Waals surface area contributed by atoms with Gasteiger partial charge in [-0.05, 0) is 40.9 Å². The van der Waals surface area contributed by atoms with Crippen LogP contribution in [-0.2, 0) is 11.2 Å². The first-order chi connectivity index (χ1) is 7.79. The van der Waals surface area contributed by atoms with Crippen LogP contribution in [0.5, 0.6) is 0 Å². The summed E-state index contributed by atoms with van der Waals surface area (Å²) in [6.07, 6.45) is 5.02. The van der Waals surface area contributed by atoms with Crippen LogP contribution in [0.4, 0.5) is 0 Å². The summed E-state index contributed by atoms with van der Waals surface area (Å²) in [4.78, 5) is 4.34. The minimum atomic E-state index is 0.149. The Bertz CT molecular complexity index is 325. The molecule has 1 aliphatic rings. The second-order valence-electron chi connectivity index (χ2n) is 4.00. The van der Waals surface area contributed by atoms with E-state index in [0.717, 1.165) is 36.0 Å². The molecule has 0 aromatic carbocycles. The molecule has 1 aromatic heterocycles. The number of hydrogen-bond donors (Lipinski definition) is 2. The van der Waals surface area contributed by atoms with E-state index >= 15 is 0 Å². The molecule has 0 spiro atoms. The highest BCUT2D eigenvalue weighted by Gasteiger charge is 2.25. The van der Waals surface area contributed by atoms with Crippen LogP contribution in [0.25, 0.3) is 0 Å². The standard InChI is InChI=1S/C11H16BrN3O/c12-8-3-4-9(14-7-8)6-10(15-13)11-2-1-5-16-11/h3-4,7,10-11,15H,1-2,5-6,13H2. The van der Waals surface area contributed by atoms with Crippen LogP contribution < -0.4 is 11.3 Å². The zero-order chi connectivity index (χ0) is 11.4. The first kappa shape index (κ1) is 12.0. The Kier molecular flexibility index (Phi) is 4.29. The largest absolute Gasteiger partial charge is 0.377 e. The number of nitrogens with one attached hydrogen (secondary N) is 1. The molecule has 0 radical (unpaired) electrons. The summed E-state index contributed by atoms with van der Waals surface area (Å²) < 4.78 is 6.61. The molecular weight excluding hydrogens is 270 g/mol. The number of hydrazine groups is 1. The van der Waals surface area contributed by atoms with Gasteiger partial charge < -0.3 is 4.74 Å². The van der Waals surface area contributed by atoms with Crippen molar-refractivity contribution in [2.45, 2.75) is 31.4 Å². The zero-order valence-electron chi connectivity index (χ0n) is 9.03. The van der Waals surface area contributed by atoms with Crippen LogP contribution in [0.2, 0.25) is 0 Å². The highest BCUT2D eigenvalue weighted by atomic mass is 79.9. The van der Waals surface area contributed by atoms with Crippen molar-refractivity contribution in [1.82, 2.24) is 10.4 Å². The Hall–Kier alpha value is -0.490. The van der Waals surface area contributed by atoms with Crippen LogP contribution in [0.15, 0.2) is 22.8 Å². The van der Waals surface area contributed by atoms with E-state index in [-0.39, 0.29) is 12.1 Å². The van der Waals surface area contributed by atoms with Gasteiger partial charge in [-0.25, -0.2) is 0 Å². The molecule has 1 aliphatic heterocycles.